The van der Waals surface area contributed by atoms with Crippen LogP contribution in [0.3, 0.4) is 0 Å². The lowest BCUT2D eigenvalue weighted by molar-refractivity contribution is 0.172. The van der Waals surface area contributed by atoms with Gasteiger partial charge >= 0.3 is 0 Å². The van der Waals surface area contributed by atoms with E-state index in [1.54, 1.807) is 13.4 Å². The van der Waals surface area contributed by atoms with Crippen LogP contribution in [0.4, 0.5) is 0 Å². The molecule has 3 nitrogen and oxygen atoms in total. The predicted octanol–water partition coefficient (Wildman–Crippen LogP) is 1.23. The zero-order valence-corrected chi connectivity index (χ0v) is 6.83. The standard InChI is InChI=1S/C8H13NO2/c1-6-3-4-11-8(6)7(9)5-10-2/h3-4,7H,5,9H2,1-2H3. The van der Waals surface area contributed by atoms with E-state index in [9.17, 15) is 0 Å². The molecule has 1 heterocycles. The number of hydrogen-bond donors (Lipinski definition) is 1. The van der Waals surface area contributed by atoms with Gasteiger partial charge in [-0.2, -0.15) is 0 Å². The van der Waals surface area contributed by atoms with Gasteiger partial charge in [0.15, 0.2) is 0 Å². The van der Waals surface area contributed by atoms with Crippen LogP contribution in [-0.2, 0) is 4.74 Å². The van der Waals surface area contributed by atoms with E-state index in [0.29, 0.717) is 6.61 Å². The zero-order valence-electron chi connectivity index (χ0n) is 6.83. The van der Waals surface area contributed by atoms with Gasteiger partial charge in [0, 0.05) is 7.11 Å². The fourth-order valence-electron chi connectivity index (χ4n) is 1.02. The molecule has 0 aliphatic rings. The van der Waals surface area contributed by atoms with E-state index in [1.165, 1.54) is 0 Å². The van der Waals surface area contributed by atoms with Gasteiger partial charge in [-0.3, -0.25) is 0 Å². The van der Waals surface area contributed by atoms with Crippen LogP contribution in [-0.4, -0.2) is 13.7 Å². The van der Waals surface area contributed by atoms with Crippen LogP contribution in [0.25, 0.3) is 0 Å². The lowest BCUT2D eigenvalue weighted by atomic mass is 10.2. The number of furan rings is 1. The summed E-state index contributed by atoms with van der Waals surface area (Å²) in [6.45, 7) is 2.46. The highest BCUT2D eigenvalue weighted by atomic mass is 16.5. The number of rotatable bonds is 3. The monoisotopic (exact) mass is 155 g/mol. The van der Waals surface area contributed by atoms with Crippen LogP contribution in [0.2, 0.25) is 0 Å². The Morgan fingerprint density at radius 3 is 2.91 bits per heavy atom. The van der Waals surface area contributed by atoms with E-state index < -0.39 is 0 Å². The van der Waals surface area contributed by atoms with Gasteiger partial charge in [-0.05, 0) is 18.6 Å². The van der Waals surface area contributed by atoms with Crippen molar-refractivity contribution in [1.29, 1.82) is 0 Å². The maximum Gasteiger partial charge on any atom is 0.125 e. The van der Waals surface area contributed by atoms with Crippen LogP contribution >= 0.6 is 0 Å². The van der Waals surface area contributed by atoms with Crippen molar-refractivity contribution in [2.75, 3.05) is 13.7 Å². The molecule has 0 fully saturated rings. The summed E-state index contributed by atoms with van der Waals surface area (Å²) in [6, 6.07) is 1.75. The zero-order chi connectivity index (χ0) is 8.27. The van der Waals surface area contributed by atoms with Gasteiger partial charge in [0.05, 0.1) is 18.9 Å². The first-order valence-electron chi connectivity index (χ1n) is 3.54. The van der Waals surface area contributed by atoms with Gasteiger partial charge < -0.3 is 14.9 Å². The van der Waals surface area contributed by atoms with E-state index in [0.717, 1.165) is 11.3 Å². The molecular weight excluding hydrogens is 142 g/mol. The van der Waals surface area contributed by atoms with Crippen molar-refractivity contribution in [2.45, 2.75) is 13.0 Å². The first-order valence-corrected chi connectivity index (χ1v) is 3.54. The Bertz CT molecular complexity index is 220. The molecular formula is C8H13NO2. The predicted molar refractivity (Wildman–Crippen MR) is 42.2 cm³/mol. The molecule has 2 N–H and O–H groups in total. The van der Waals surface area contributed by atoms with E-state index in [-0.39, 0.29) is 6.04 Å². The Balaban J connectivity index is 2.67. The second-order valence-electron chi connectivity index (χ2n) is 2.53. The average molecular weight is 155 g/mol. The number of aryl methyl sites for hydroxylation is 1. The van der Waals surface area contributed by atoms with Gasteiger partial charge in [0.2, 0.25) is 0 Å². The molecule has 1 rings (SSSR count). The largest absolute Gasteiger partial charge is 0.467 e. The maximum atomic E-state index is 5.73. The third-order valence-corrected chi connectivity index (χ3v) is 1.58. The van der Waals surface area contributed by atoms with Gasteiger partial charge in [0.25, 0.3) is 0 Å². The Hall–Kier alpha value is -0.800. The minimum Gasteiger partial charge on any atom is -0.467 e. The summed E-state index contributed by atoms with van der Waals surface area (Å²) in [4.78, 5) is 0. The van der Waals surface area contributed by atoms with Gasteiger partial charge in [0.1, 0.15) is 5.76 Å². The number of hydrogen-bond acceptors (Lipinski definition) is 3. The average Bonchev–Trinajstić information content (AvgIpc) is 2.36. The molecule has 1 atom stereocenters. The third-order valence-electron chi connectivity index (χ3n) is 1.58. The summed E-state index contributed by atoms with van der Waals surface area (Å²) in [6.07, 6.45) is 1.64. The summed E-state index contributed by atoms with van der Waals surface area (Å²) in [5.74, 6) is 0.812. The first-order chi connectivity index (χ1) is 5.25. The summed E-state index contributed by atoms with van der Waals surface area (Å²) < 4.78 is 10.1. The summed E-state index contributed by atoms with van der Waals surface area (Å²) in [5.41, 5.74) is 6.81. The topological polar surface area (TPSA) is 48.4 Å². The Kier molecular flexibility index (Phi) is 2.68. The Morgan fingerprint density at radius 1 is 1.73 bits per heavy atom. The van der Waals surface area contributed by atoms with Crippen molar-refractivity contribution in [1.82, 2.24) is 0 Å². The van der Waals surface area contributed by atoms with Crippen LogP contribution < -0.4 is 5.73 Å². The molecule has 0 bridgehead atoms. The van der Waals surface area contributed by atoms with Crippen molar-refractivity contribution in [2.24, 2.45) is 5.73 Å². The van der Waals surface area contributed by atoms with E-state index >= 15 is 0 Å². The normalized spacial score (nSPS) is 13.4. The van der Waals surface area contributed by atoms with Crippen LogP contribution in [0, 0.1) is 6.92 Å². The fraction of sp³-hybridized carbons (Fsp3) is 0.500. The van der Waals surface area contributed by atoms with Crippen molar-refractivity contribution in [3.8, 4) is 0 Å². The van der Waals surface area contributed by atoms with E-state index in [1.807, 2.05) is 13.0 Å². The van der Waals surface area contributed by atoms with Crippen LogP contribution in [0.5, 0.6) is 0 Å². The second kappa shape index (κ2) is 3.55. The van der Waals surface area contributed by atoms with Crippen molar-refractivity contribution < 1.29 is 9.15 Å². The number of nitrogens with two attached hydrogens (primary N) is 1. The lowest BCUT2D eigenvalue weighted by Gasteiger charge is -2.07. The first kappa shape index (κ1) is 8.30. The molecule has 0 aliphatic heterocycles. The SMILES string of the molecule is COCC(N)c1occc1C. The Morgan fingerprint density at radius 2 is 2.45 bits per heavy atom. The number of methoxy groups -OCH3 is 1. The minimum absolute atomic E-state index is 0.144. The molecule has 0 aromatic carbocycles. The molecule has 62 valence electrons. The van der Waals surface area contributed by atoms with Crippen LogP contribution in [0.1, 0.15) is 17.4 Å². The molecule has 0 aliphatic carbocycles. The van der Waals surface area contributed by atoms with Crippen LogP contribution in [0.15, 0.2) is 16.7 Å². The molecule has 0 amide bonds. The molecule has 0 radical (unpaired) electrons. The summed E-state index contributed by atoms with van der Waals surface area (Å²) >= 11 is 0. The minimum atomic E-state index is -0.144. The highest BCUT2D eigenvalue weighted by Gasteiger charge is 2.10. The van der Waals surface area contributed by atoms with E-state index in [4.69, 9.17) is 14.9 Å². The fourth-order valence-corrected chi connectivity index (χ4v) is 1.02. The third kappa shape index (κ3) is 1.82. The lowest BCUT2D eigenvalue weighted by Crippen LogP contribution is -2.16. The molecule has 3 heteroatoms. The molecule has 11 heavy (non-hydrogen) atoms. The molecule has 1 aromatic heterocycles. The summed E-state index contributed by atoms with van der Waals surface area (Å²) in [5, 5.41) is 0. The van der Waals surface area contributed by atoms with E-state index in [2.05, 4.69) is 0 Å². The van der Waals surface area contributed by atoms with Crippen molar-refractivity contribution >= 4 is 0 Å². The quantitative estimate of drug-likeness (QED) is 0.714. The smallest absolute Gasteiger partial charge is 0.125 e. The Labute approximate surface area is 66.1 Å². The molecule has 1 aromatic rings. The van der Waals surface area contributed by atoms with Gasteiger partial charge in [-0.15, -0.1) is 0 Å². The molecule has 1 unspecified atom stereocenters. The molecule has 0 saturated heterocycles. The maximum absolute atomic E-state index is 5.73. The van der Waals surface area contributed by atoms with Gasteiger partial charge in [-0.1, -0.05) is 0 Å². The van der Waals surface area contributed by atoms with Crippen molar-refractivity contribution in [3.05, 3.63) is 23.7 Å². The molecule has 0 spiro atoms. The highest BCUT2D eigenvalue weighted by Crippen LogP contribution is 2.16. The second-order valence-corrected chi connectivity index (χ2v) is 2.53. The van der Waals surface area contributed by atoms with Gasteiger partial charge in [-0.25, -0.2) is 0 Å². The highest BCUT2D eigenvalue weighted by molar-refractivity contribution is 5.17. The van der Waals surface area contributed by atoms with Crippen molar-refractivity contribution in [3.63, 3.8) is 0 Å². The summed E-state index contributed by atoms with van der Waals surface area (Å²) in [7, 11) is 1.62. The number of ether oxygens (including phenoxy) is 1. The molecule has 0 saturated carbocycles.